The highest BCUT2D eigenvalue weighted by molar-refractivity contribution is 7.14. The van der Waals surface area contributed by atoms with E-state index in [0.29, 0.717) is 18.7 Å². The second-order valence-electron chi connectivity index (χ2n) is 5.98. The zero-order valence-corrected chi connectivity index (χ0v) is 15.2. The second-order valence-corrected chi connectivity index (χ2v) is 7.20. The molecule has 0 unspecified atom stereocenters. The highest BCUT2D eigenvalue weighted by atomic mass is 35.5. The molecular formula is C18H22ClN3OS. The van der Waals surface area contributed by atoms with Gasteiger partial charge in [-0.15, -0.1) is 22.9 Å². The fraction of sp³-hybridized carbons (Fsp3) is 0.444. The molecule has 0 saturated carbocycles. The highest BCUT2D eigenvalue weighted by Gasteiger charge is 2.15. The number of rotatable bonds is 6. The summed E-state index contributed by atoms with van der Waals surface area (Å²) in [6.07, 6.45) is 4.96. The summed E-state index contributed by atoms with van der Waals surface area (Å²) in [5.41, 5.74) is 2.81. The zero-order valence-electron chi connectivity index (χ0n) is 13.6. The van der Waals surface area contributed by atoms with Crippen molar-refractivity contribution in [1.29, 1.82) is 0 Å². The van der Waals surface area contributed by atoms with E-state index in [2.05, 4.69) is 15.6 Å². The predicted octanol–water partition coefficient (Wildman–Crippen LogP) is 4.76. The van der Waals surface area contributed by atoms with E-state index < -0.39 is 0 Å². The molecule has 6 heteroatoms. The van der Waals surface area contributed by atoms with E-state index in [1.165, 1.54) is 19.3 Å². The Hall–Kier alpha value is -1.59. The van der Waals surface area contributed by atoms with Crippen molar-refractivity contribution in [1.82, 2.24) is 4.98 Å². The summed E-state index contributed by atoms with van der Waals surface area (Å²) in [5.74, 6) is 0.506. The Morgan fingerprint density at radius 1 is 1.29 bits per heavy atom. The number of nitrogens with one attached hydrogen (secondary N) is 1. The van der Waals surface area contributed by atoms with Crippen molar-refractivity contribution in [3.8, 4) is 11.3 Å². The van der Waals surface area contributed by atoms with Gasteiger partial charge in [-0.05, 0) is 37.8 Å². The molecule has 0 aliphatic carbocycles. The van der Waals surface area contributed by atoms with Crippen LogP contribution >= 0.6 is 22.9 Å². The SMILES string of the molecule is O=C(CCCCl)Nc1cccc(-c2csc(N3CCCCC3)n2)c1. The zero-order chi connectivity index (χ0) is 16.8. The maximum Gasteiger partial charge on any atom is 0.224 e. The van der Waals surface area contributed by atoms with Crippen LogP contribution in [0.25, 0.3) is 11.3 Å². The lowest BCUT2D eigenvalue weighted by molar-refractivity contribution is -0.116. The fourth-order valence-electron chi connectivity index (χ4n) is 2.83. The van der Waals surface area contributed by atoms with Crippen LogP contribution in [0.15, 0.2) is 29.6 Å². The van der Waals surface area contributed by atoms with Crippen LogP contribution in [-0.2, 0) is 4.79 Å². The number of halogens is 1. The minimum atomic E-state index is 0.0000774. The lowest BCUT2D eigenvalue weighted by Crippen LogP contribution is -2.29. The first-order chi connectivity index (χ1) is 11.8. The van der Waals surface area contributed by atoms with Crippen LogP contribution in [0.3, 0.4) is 0 Å². The van der Waals surface area contributed by atoms with Gasteiger partial charge in [0.1, 0.15) is 0 Å². The minimum Gasteiger partial charge on any atom is -0.348 e. The molecule has 1 aliphatic heterocycles. The number of aromatic nitrogens is 1. The summed E-state index contributed by atoms with van der Waals surface area (Å²) in [5, 5.41) is 6.12. The standard InChI is InChI=1S/C18H22ClN3OS/c19-9-5-8-17(23)20-15-7-4-6-14(12-15)16-13-24-18(21-16)22-10-2-1-3-11-22/h4,6-7,12-13H,1-3,5,8-11H2,(H,20,23). The van der Waals surface area contributed by atoms with Crippen LogP contribution in [0.2, 0.25) is 0 Å². The van der Waals surface area contributed by atoms with Gasteiger partial charge in [0.05, 0.1) is 5.69 Å². The molecule has 128 valence electrons. The van der Waals surface area contributed by atoms with Gasteiger partial charge >= 0.3 is 0 Å². The Bertz CT molecular complexity index is 682. The molecule has 0 spiro atoms. The number of carbonyl (C=O) groups excluding carboxylic acids is 1. The summed E-state index contributed by atoms with van der Waals surface area (Å²) in [4.78, 5) is 19.0. The molecule has 1 aliphatic rings. The number of hydrogen-bond acceptors (Lipinski definition) is 4. The van der Waals surface area contributed by atoms with Gasteiger partial charge in [-0.1, -0.05) is 12.1 Å². The van der Waals surface area contributed by atoms with Crippen LogP contribution in [0.5, 0.6) is 0 Å². The molecule has 1 aromatic heterocycles. The lowest BCUT2D eigenvalue weighted by atomic mass is 10.1. The summed E-state index contributed by atoms with van der Waals surface area (Å²) in [6.45, 7) is 2.20. The number of hydrogen-bond donors (Lipinski definition) is 1. The molecule has 0 bridgehead atoms. The normalized spacial score (nSPS) is 14.6. The third kappa shape index (κ3) is 4.48. The quantitative estimate of drug-likeness (QED) is 0.752. The Labute approximate surface area is 151 Å². The smallest absolute Gasteiger partial charge is 0.224 e. The molecule has 0 radical (unpaired) electrons. The molecule has 1 saturated heterocycles. The molecule has 1 N–H and O–H groups in total. The second kappa shape index (κ2) is 8.49. The third-order valence-electron chi connectivity index (χ3n) is 4.10. The van der Waals surface area contributed by atoms with Crippen LogP contribution in [0.1, 0.15) is 32.1 Å². The summed E-state index contributed by atoms with van der Waals surface area (Å²) in [7, 11) is 0. The van der Waals surface area contributed by atoms with Crippen molar-refractivity contribution < 1.29 is 4.79 Å². The predicted molar refractivity (Wildman–Crippen MR) is 102 cm³/mol. The van der Waals surface area contributed by atoms with Gasteiger partial charge in [0.2, 0.25) is 5.91 Å². The van der Waals surface area contributed by atoms with Crippen molar-refractivity contribution in [3.05, 3.63) is 29.6 Å². The van der Waals surface area contributed by atoms with E-state index in [1.807, 2.05) is 24.3 Å². The van der Waals surface area contributed by atoms with Gasteiger partial charge in [-0.2, -0.15) is 0 Å². The number of alkyl halides is 1. The van der Waals surface area contributed by atoms with Crippen molar-refractivity contribution in [2.75, 3.05) is 29.2 Å². The van der Waals surface area contributed by atoms with Crippen molar-refractivity contribution in [2.24, 2.45) is 0 Å². The van der Waals surface area contributed by atoms with Crippen LogP contribution < -0.4 is 10.2 Å². The number of amides is 1. The van der Waals surface area contributed by atoms with E-state index in [0.717, 1.165) is 35.2 Å². The van der Waals surface area contributed by atoms with Crippen LogP contribution in [-0.4, -0.2) is 29.9 Å². The molecular weight excluding hydrogens is 342 g/mol. The van der Waals surface area contributed by atoms with E-state index in [9.17, 15) is 4.79 Å². The lowest BCUT2D eigenvalue weighted by Gasteiger charge is -2.25. The molecule has 24 heavy (non-hydrogen) atoms. The largest absolute Gasteiger partial charge is 0.348 e. The third-order valence-corrected chi connectivity index (χ3v) is 5.27. The summed E-state index contributed by atoms with van der Waals surface area (Å²) in [6, 6.07) is 7.86. The Kier molecular flexibility index (Phi) is 6.10. The number of anilines is 2. The van der Waals surface area contributed by atoms with Crippen LogP contribution in [0, 0.1) is 0 Å². The average molecular weight is 364 g/mol. The Morgan fingerprint density at radius 2 is 2.12 bits per heavy atom. The molecule has 1 amide bonds. The van der Waals surface area contributed by atoms with E-state index >= 15 is 0 Å². The summed E-state index contributed by atoms with van der Waals surface area (Å²) < 4.78 is 0. The Morgan fingerprint density at radius 3 is 2.92 bits per heavy atom. The van der Waals surface area contributed by atoms with E-state index in [4.69, 9.17) is 16.6 Å². The monoisotopic (exact) mass is 363 g/mol. The Balaban J connectivity index is 1.69. The first-order valence-corrected chi connectivity index (χ1v) is 9.84. The molecule has 1 aromatic carbocycles. The molecule has 3 rings (SSSR count). The maximum absolute atomic E-state index is 11.8. The first kappa shape index (κ1) is 17.2. The molecule has 1 fully saturated rings. The van der Waals surface area contributed by atoms with Gasteiger partial charge in [0, 0.05) is 42.0 Å². The molecule has 0 atom stereocenters. The topological polar surface area (TPSA) is 45.2 Å². The number of benzene rings is 1. The van der Waals surface area contributed by atoms with E-state index in [1.54, 1.807) is 11.3 Å². The molecule has 2 heterocycles. The highest BCUT2D eigenvalue weighted by Crippen LogP contribution is 2.30. The van der Waals surface area contributed by atoms with Crippen molar-refractivity contribution >= 4 is 39.7 Å². The van der Waals surface area contributed by atoms with Gasteiger partial charge < -0.3 is 10.2 Å². The van der Waals surface area contributed by atoms with Gasteiger partial charge in [-0.25, -0.2) is 4.98 Å². The molecule has 4 nitrogen and oxygen atoms in total. The first-order valence-electron chi connectivity index (χ1n) is 8.43. The van der Waals surface area contributed by atoms with Gasteiger partial charge in [0.15, 0.2) is 5.13 Å². The van der Waals surface area contributed by atoms with Crippen molar-refractivity contribution in [3.63, 3.8) is 0 Å². The molecule has 2 aromatic rings. The van der Waals surface area contributed by atoms with Gasteiger partial charge in [-0.3, -0.25) is 4.79 Å². The van der Waals surface area contributed by atoms with Crippen LogP contribution in [0.4, 0.5) is 10.8 Å². The van der Waals surface area contributed by atoms with Crippen molar-refractivity contribution in [2.45, 2.75) is 32.1 Å². The van der Waals surface area contributed by atoms with Gasteiger partial charge in [0.25, 0.3) is 0 Å². The fourth-order valence-corrected chi connectivity index (χ4v) is 3.86. The number of thiazole rings is 1. The number of nitrogens with zero attached hydrogens (tertiary/aromatic N) is 2. The maximum atomic E-state index is 11.8. The average Bonchev–Trinajstić information content (AvgIpc) is 3.11. The number of carbonyl (C=O) groups is 1. The summed E-state index contributed by atoms with van der Waals surface area (Å²) >= 11 is 7.32. The van der Waals surface area contributed by atoms with E-state index in [-0.39, 0.29) is 5.91 Å². The minimum absolute atomic E-state index is 0.0000774. The number of piperidine rings is 1.